The van der Waals surface area contributed by atoms with Gasteiger partial charge >= 0.3 is 0 Å². The van der Waals surface area contributed by atoms with E-state index >= 15 is 0 Å². The Balaban J connectivity index is 1.87. The fraction of sp³-hybridized carbons (Fsp3) is 0.273. The number of nitrogens with one attached hydrogen (secondary N) is 4. The second kappa shape index (κ2) is 12.3. The van der Waals surface area contributed by atoms with Crippen molar-refractivity contribution in [1.29, 1.82) is 0 Å². The van der Waals surface area contributed by atoms with Crippen molar-refractivity contribution in [3.63, 3.8) is 0 Å². The Hall–Kier alpha value is -3.46. The molecule has 0 aliphatic heterocycles. The largest absolute Gasteiger partial charge is 0.493 e. The number of unbranched alkanes of at least 4 members (excludes halogenated alkanes) is 1. The van der Waals surface area contributed by atoms with Gasteiger partial charge in [-0.25, -0.2) is 0 Å². The number of thiocarbonyl (C=S) groups is 1. The van der Waals surface area contributed by atoms with Crippen LogP contribution in [0.25, 0.3) is 0 Å². The fourth-order valence-corrected chi connectivity index (χ4v) is 2.59. The van der Waals surface area contributed by atoms with E-state index in [0.29, 0.717) is 35.6 Å². The first-order valence-corrected chi connectivity index (χ1v) is 10.4. The van der Waals surface area contributed by atoms with Crippen molar-refractivity contribution in [2.75, 3.05) is 11.9 Å². The minimum Gasteiger partial charge on any atom is -0.493 e. The highest BCUT2D eigenvalue weighted by atomic mass is 32.1. The Morgan fingerprint density at radius 1 is 0.935 bits per heavy atom. The Kier molecular flexibility index (Phi) is 9.44. The molecule has 3 amide bonds. The van der Waals surface area contributed by atoms with Crippen LogP contribution in [-0.4, -0.2) is 29.4 Å². The van der Waals surface area contributed by atoms with E-state index in [-0.39, 0.29) is 11.0 Å². The van der Waals surface area contributed by atoms with Crippen molar-refractivity contribution in [3.8, 4) is 5.75 Å². The maximum atomic E-state index is 12.5. The number of benzene rings is 2. The van der Waals surface area contributed by atoms with E-state index in [1.54, 1.807) is 55.5 Å². The minimum atomic E-state index is -0.451. The summed E-state index contributed by atoms with van der Waals surface area (Å²) in [5.41, 5.74) is 6.21. The molecule has 0 aliphatic carbocycles. The Labute approximate surface area is 186 Å². The van der Waals surface area contributed by atoms with Gasteiger partial charge in [0.05, 0.1) is 12.2 Å². The zero-order valence-electron chi connectivity index (χ0n) is 17.5. The number of hydrazine groups is 1. The lowest BCUT2D eigenvalue weighted by molar-refractivity contribution is -0.115. The first-order valence-electron chi connectivity index (χ1n) is 9.98. The summed E-state index contributed by atoms with van der Waals surface area (Å²) in [6, 6.07) is 13.2. The summed E-state index contributed by atoms with van der Waals surface area (Å²) < 4.78 is 5.66. The summed E-state index contributed by atoms with van der Waals surface area (Å²) in [5.74, 6) is -0.545. The maximum Gasteiger partial charge on any atom is 0.269 e. The average Bonchev–Trinajstić information content (AvgIpc) is 2.78. The van der Waals surface area contributed by atoms with Gasteiger partial charge in [0, 0.05) is 17.7 Å². The molecular weight excluding hydrogens is 416 g/mol. The van der Waals surface area contributed by atoms with Crippen LogP contribution >= 0.6 is 12.2 Å². The van der Waals surface area contributed by atoms with Crippen LogP contribution in [0.5, 0.6) is 5.75 Å². The molecule has 31 heavy (non-hydrogen) atoms. The van der Waals surface area contributed by atoms with E-state index in [2.05, 4.69) is 28.4 Å². The molecule has 0 unspecified atom stereocenters. The highest BCUT2D eigenvalue weighted by molar-refractivity contribution is 7.80. The van der Waals surface area contributed by atoms with E-state index in [4.69, 9.17) is 17.0 Å². The van der Waals surface area contributed by atoms with E-state index < -0.39 is 11.8 Å². The highest BCUT2D eigenvalue weighted by Crippen LogP contribution is 2.18. The van der Waals surface area contributed by atoms with Crippen LogP contribution in [0.1, 0.15) is 53.8 Å². The summed E-state index contributed by atoms with van der Waals surface area (Å²) in [6.45, 7) is 4.32. The van der Waals surface area contributed by atoms with Crippen molar-refractivity contribution in [2.24, 2.45) is 0 Å². The molecule has 0 saturated carbocycles. The van der Waals surface area contributed by atoms with Crippen molar-refractivity contribution < 1.29 is 19.1 Å². The summed E-state index contributed by atoms with van der Waals surface area (Å²) in [6.07, 6.45) is 2.23. The summed E-state index contributed by atoms with van der Waals surface area (Å²) in [5, 5.41) is 5.15. The smallest absolute Gasteiger partial charge is 0.269 e. The number of para-hydroxylation sites is 1. The molecule has 0 aromatic heterocycles. The lowest BCUT2D eigenvalue weighted by atomic mass is 10.2. The van der Waals surface area contributed by atoms with Crippen LogP contribution in [0.15, 0.2) is 48.5 Å². The molecule has 0 atom stereocenters. The summed E-state index contributed by atoms with van der Waals surface area (Å²) in [4.78, 5) is 36.1. The van der Waals surface area contributed by atoms with Gasteiger partial charge in [0.25, 0.3) is 11.8 Å². The van der Waals surface area contributed by atoms with Crippen molar-refractivity contribution >= 4 is 40.7 Å². The van der Waals surface area contributed by atoms with E-state index in [0.717, 1.165) is 12.8 Å². The zero-order valence-corrected chi connectivity index (χ0v) is 18.3. The van der Waals surface area contributed by atoms with Crippen LogP contribution in [0.2, 0.25) is 0 Å². The monoisotopic (exact) mass is 442 g/mol. The van der Waals surface area contributed by atoms with Crippen LogP contribution in [0.3, 0.4) is 0 Å². The third kappa shape index (κ3) is 7.71. The number of rotatable bonds is 8. The molecule has 164 valence electrons. The molecule has 0 radical (unpaired) electrons. The number of amides is 3. The molecule has 0 fully saturated rings. The lowest BCUT2D eigenvalue weighted by Crippen LogP contribution is -2.48. The van der Waals surface area contributed by atoms with Gasteiger partial charge in [-0.05, 0) is 55.0 Å². The first-order chi connectivity index (χ1) is 14.9. The van der Waals surface area contributed by atoms with Gasteiger partial charge in [0.1, 0.15) is 5.75 Å². The third-order valence-corrected chi connectivity index (χ3v) is 4.36. The molecule has 0 bridgehead atoms. The van der Waals surface area contributed by atoms with Gasteiger partial charge < -0.3 is 10.1 Å². The Bertz CT molecular complexity index is 931. The van der Waals surface area contributed by atoms with Gasteiger partial charge in [0.2, 0.25) is 5.91 Å². The molecule has 0 saturated heterocycles. The van der Waals surface area contributed by atoms with Gasteiger partial charge in [0.15, 0.2) is 5.11 Å². The van der Waals surface area contributed by atoms with Crippen molar-refractivity contribution in [1.82, 2.24) is 16.2 Å². The number of ether oxygens (including phenoxy) is 1. The number of carbonyl (C=O) groups is 3. The summed E-state index contributed by atoms with van der Waals surface area (Å²) in [7, 11) is 0. The fourth-order valence-electron chi connectivity index (χ4n) is 2.45. The van der Waals surface area contributed by atoms with Gasteiger partial charge in [-0.1, -0.05) is 32.4 Å². The van der Waals surface area contributed by atoms with Crippen molar-refractivity contribution in [3.05, 3.63) is 59.7 Å². The molecule has 4 N–H and O–H groups in total. The van der Waals surface area contributed by atoms with Gasteiger partial charge in [-0.2, -0.15) is 0 Å². The molecule has 2 rings (SSSR count). The van der Waals surface area contributed by atoms with E-state index in [1.165, 1.54) is 0 Å². The maximum absolute atomic E-state index is 12.5. The molecule has 2 aromatic carbocycles. The zero-order chi connectivity index (χ0) is 22.6. The molecule has 9 heteroatoms. The molecule has 0 heterocycles. The van der Waals surface area contributed by atoms with Gasteiger partial charge in [-0.15, -0.1) is 0 Å². The average molecular weight is 443 g/mol. The number of anilines is 1. The van der Waals surface area contributed by atoms with Crippen LogP contribution in [0, 0.1) is 0 Å². The van der Waals surface area contributed by atoms with Crippen LogP contribution in [0.4, 0.5) is 5.69 Å². The quantitative estimate of drug-likeness (QED) is 0.284. The molecule has 8 nitrogen and oxygen atoms in total. The number of hydrogen-bond donors (Lipinski definition) is 4. The van der Waals surface area contributed by atoms with Crippen LogP contribution < -0.4 is 26.2 Å². The van der Waals surface area contributed by atoms with Crippen LogP contribution in [-0.2, 0) is 4.79 Å². The standard InChI is InChI=1S/C22H26N4O4S/c1-3-5-14-30-18-9-7-6-8-17(18)21(29)24-22(31)26-25-20(28)15-10-12-16(13-11-15)23-19(27)4-2/h6-13H,3-5,14H2,1-2H3,(H,23,27)(H,25,28)(H2,24,26,29,31). The predicted molar refractivity (Wildman–Crippen MR) is 123 cm³/mol. The molecule has 0 aliphatic rings. The van der Waals surface area contributed by atoms with Crippen molar-refractivity contribution in [2.45, 2.75) is 33.1 Å². The Morgan fingerprint density at radius 3 is 2.32 bits per heavy atom. The third-order valence-electron chi connectivity index (χ3n) is 4.16. The highest BCUT2D eigenvalue weighted by Gasteiger charge is 2.14. The number of carbonyl (C=O) groups excluding carboxylic acids is 3. The molecular formula is C22H26N4O4S. The second-order valence-corrected chi connectivity index (χ2v) is 6.95. The normalized spacial score (nSPS) is 10.0. The first kappa shape index (κ1) is 23.8. The molecule has 0 spiro atoms. The SMILES string of the molecule is CCCCOc1ccccc1C(=O)NC(=S)NNC(=O)c1ccc(NC(=O)CC)cc1. The van der Waals surface area contributed by atoms with E-state index in [1.807, 2.05) is 0 Å². The van der Waals surface area contributed by atoms with E-state index in [9.17, 15) is 14.4 Å². The number of hydrogen-bond acceptors (Lipinski definition) is 5. The topological polar surface area (TPSA) is 109 Å². The Morgan fingerprint density at radius 2 is 1.65 bits per heavy atom. The molecule has 2 aromatic rings. The van der Waals surface area contributed by atoms with Gasteiger partial charge in [-0.3, -0.25) is 30.6 Å². The minimum absolute atomic E-state index is 0.0615. The summed E-state index contributed by atoms with van der Waals surface area (Å²) >= 11 is 5.08. The predicted octanol–water partition coefficient (Wildman–Crippen LogP) is 3.16. The lowest BCUT2D eigenvalue weighted by Gasteiger charge is -2.13. The second-order valence-electron chi connectivity index (χ2n) is 6.54.